The number of nitrogens with zero attached hydrogens (tertiary/aromatic N) is 4. The predicted molar refractivity (Wildman–Crippen MR) is 81.4 cm³/mol. The van der Waals surface area contributed by atoms with Gasteiger partial charge in [-0.3, -0.25) is 9.69 Å². The molecule has 1 aliphatic rings. The highest BCUT2D eigenvalue weighted by molar-refractivity contribution is 5.80. The van der Waals surface area contributed by atoms with Crippen molar-refractivity contribution < 1.29 is 14.7 Å². The van der Waals surface area contributed by atoms with Crippen LogP contribution in [-0.4, -0.2) is 103 Å². The maximum Gasteiger partial charge on any atom is 0.323 e. The highest BCUT2D eigenvalue weighted by Gasteiger charge is 2.27. The maximum atomic E-state index is 12.4. The molecule has 7 nitrogen and oxygen atoms in total. The fourth-order valence-corrected chi connectivity index (χ4v) is 2.30. The average molecular weight is 300 g/mol. The minimum atomic E-state index is -0.971. The Labute approximate surface area is 127 Å². The van der Waals surface area contributed by atoms with Gasteiger partial charge in [-0.25, -0.2) is 4.79 Å². The van der Waals surface area contributed by atoms with Gasteiger partial charge >= 0.3 is 12.0 Å². The topological polar surface area (TPSA) is 67.3 Å². The summed E-state index contributed by atoms with van der Waals surface area (Å²) < 4.78 is 0. The molecule has 1 N–H and O–H groups in total. The van der Waals surface area contributed by atoms with Gasteiger partial charge < -0.3 is 19.8 Å². The number of carbonyl (C=O) groups is 2. The van der Waals surface area contributed by atoms with Gasteiger partial charge in [0.1, 0.15) is 6.54 Å². The number of likely N-dealkylation sites (N-methyl/N-ethyl adjacent to an activating group) is 1. The molecule has 0 aromatic rings. The Morgan fingerprint density at radius 3 is 2.14 bits per heavy atom. The van der Waals surface area contributed by atoms with Gasteiger partial charge in [0.15, 0.2) is 0 Å². The molecule has 0 aliphatic carbocycles. The number of carbonyl (C=O) groups excluding carboxylic acids is 1. The van der Waals surface area contributed by atoms with E-state index in [0.29, 0.717) is 13.1 Å². The lowest BCUT2D eigenvalue weighted by Gasteiger charge is -2.38. The molecule has 1 saturated heterocycles. The van der Waals surface area contributed by atoms with Crippen LogP contribution in [0.1, 0.15) is 13.8 Å². The first-order valence-electron chi connectivity index (χ1n) is 7.45. The predicted octanol–water partition coefficient (Wildman–Crippen LogP) is 0.0806. The first-order valence-corrected chi connectivity index (χ1v) is 7.45. The summed E-state index contributed by atoms with van der Waals surface area (Å²) in [5, 5.41) is 8.92. The number of aliphatic carboxylic acids is 1. The van der Waals surface area contributed by atoms with E-state index in [9.17, 15) is 9.59 Å². The lowest BCUT2D eigenvalue weighted by Crippen LogP contribution is -2.55. The molecule has 1 rings (SSSR count). The molecule has 2 amide bonds. The van der Waals surface area contributed by atoms with E-state index in [2.05, 4.69) is 9.80 Å². The van der Waals surface area contributed by atoms with E-state index in [0.717, 1.165) is 26.2 Å². The monoisotopic (exact) mass is 300 g/mol. The van der Waals surface area contributed by atoms with Crippen LogP contribution in [0.15, 0.2) is 0 Å². The van der Waals surface area contributed by atoms with Crippen molar-refractivity contribution in [2.45, 2.75) is 19.9 Å². The zero-order valence-electron chi connectivity index (χ0n) is 13.6. The van der Waals surface area contributed by atoms with Gasteiger partial charge in [-0.1, -0.05) is 0 Å². The summed E-state index contributed by atoms with van der Waals surface area (Å²) in [7, 11) is 4.10. The van der Waals surface area contributed by atoms with E-state index in [1.165, 1.54) is 4.90 Å². The third-order valence-electron chi connectivity index (χ3n) is 3.68. The molecule has 0 aromatic heterocycles. The number of carboxylic acids is 1. The lowest BCUT2D eigenvalue weighted by molar-refractivity contribution is -0.138. The van der Waals surface area contributed by atoms with Crippen LogP contribution in [0, 0.1) is 0 Å². The van der Waals surface area contributed by atoms with Crippen LogP contribution in [0.3, 0.4) is 0 Å². The van der Waals surface area contributed by atoms with Crippen molar-refractivity contribution in [2.24, 2.45) is 0 Å². The highest BCUT2D eigenvalue weighted by atomic mass is 16.4. The van der Waals surface area contributed by atoms with Gasteiger partial charge in [-0.2, -0.15) is 0 Å². The molecule has 7 heteroatoms. The van der Waals surface area contributed by atoms with E-state index in [1.54, 1.807) is 4.90 Å². The van der Waals surface area contributed by atoms with Crippen LogP contribution >= 0.6 is 0 Å². The van der Waals surface area contributed by atoms with Crippen LogP contribution in [0.5, 0.6) is 0 Å². The first kappa shape index (κ1) is 17.7. The van der Waals surface area contributed by atoms with Crippen molar-refractivity contribution in [3.63, 3.8) is 0 Å². The molecule has 0 bridgehead atoms. The average Bonchev–Trinajstić information content (AvgIpc) is 2.42. The summed E-state index contributed by atoms with van der Waals surface area (Å²) in [5.74, 6) is -0.971. The largest absolute Gasteiger partial charge is 0.480 e. The normalized spacial score (nSPS) is 16.6. The molecular formula is C14H28N4O3. The summed E-state index contributed by atoms with van der Waals surface area (Å²) in [5.41, 5.74) is 0. The highest BCUT2D eigenvalue weighted by Crippen LogP contribution is 2.08. The lowest BCUT2D eigenvalue weighted by atomic mass is 10.3. The van der Waals surface area contributed by atoms with Crippen molar-refractivity contribution in [1.82, 2.24) is 19.6 Å². The third-order valence-corrected chi connectivity index (χ3v) is 3.68. The van der Waals surface area contributed by atoms with Crippen LogP contribution in [0.25, 0.3) is 0 Å². The number of hydrogen-bond donors (Lipinski definition) is 1. The Morgan fingerprint density at radius 1 is 1.14 bits per heavy atom. The Balaban J connectivity index is 2.48. The Kier molecular flexibility index (Phi) is 6.91. The van der Waals surface area contributed by atoms with Gasteiger partial charge in [0.05, 0.1) is 0 Å². The van der Waals surface area contributed by atoms with E-state index in [4.69, 9.17) is 5.11 Å². The molecule has 1 fully saturated rings. The zero-order chi connectivity index (χ0) is 16.0. The Bertz CT molecular complexity index is 352. The van der Waals surface area contributed by atoms with Gasteiger partial charge in [-0.15, -0.1) is 0 Å². The maximum absolute atomic E-state index is 12.4. The molecule has 1 heterocycles. The third kappa shape index (κ3) is 5.89. The van der Waals surface area contributed by atoms with Crippen molar-refractivity contribution in [1.29, 1.82) is 0 Å². The summed E-state index contributed by atoms with van der Waals surface area (Å²) in [6, 6.07) is -0.278. The number of rotatable bonds is 6. The van der Waals surface area contributed by atoms with E-state index in [1.807, 2.05) is 27.9 Å². The molecule has 0 spiro atoms. The molecule has 0 saturated carbocycles. The number of carboxylic acid groups (broad SMARTS) is 1. The smallest absolute Gasteiger partial charge is 0.323 e. The van der Waals surface area contributed by atoms with Gasteiger partial charge in [-0.05, 0) is 27.9 Å². The van der Waals surface area contributed by atoms with Crippen molar-refractivity contribution in [3.8, 4) is 0 Å². The number of piperazine rings is 1. The minimum Gasteiger partial charge on any atom is -0.480 e. The number of hydrogen-bond acceptors (Lipinski definition) is 4. The molecule has 0 unspecified atom stereocenters. The van der Waals surface area contributed by atoms with E-state index < -0.39 is 5.97 Å². The second-order valence-corrected chi connectivity index (χ2v) is 6.03. The first-order chi connectivity index (χ1) is 9.81. The molecule has 0 atom stereocenters. The standard InChI is InChI=1S/C14H28N4O3/c1-12(2)18(11-13(19)20)14(21)17-9-7-16(8-10-17)6-5-15(3)4/h12H,5-11H2,1-4H3,(H,19,20). The van der Waals surface area contributed by atoms with Crippen LogP contribution in [0.4, 0.5) is 4.79 Å². The number of amides is 2. The molecule has 0 aromatic carbocycles. The van der Waals surface area contributed by atoms with Gasteiger partial charge in [0.25, 0.3) is 0 Å². The van der Waals surface area contributed by atoms with Crippen LogP contribution in [-0.2, 0) is 4.79 Å². The second kappa shape index (κ2) is 8.19. The second-order valence-electron chi connectivity index (χ2n) is 6.03. The summed E-state index contributed by atoms with van der Waals surface area (Å²) in [6.07, 6.45) is 0. The van der Waals surface area contributed by atoms with Gasteiger partial charge in [0, 0.05) is 45.3 Å². The number of urea groups is 1. The van der Waals surface area contributed by atoms with Crippen LogP contribution < -0.4 is 0 Å². The fraction of sp³-hybridized carbons (Fsp3) is 0.857. The zero-order valence-corrected chi connectivity index (χ0v) is 13.6. The molecule has 1 aliphatic heterocycles. The van der Waals surface area contributed by atoms with Crippen molar-refractivity contribution in [3.05, 3.63) is 0 Å². The van der Waals surface area contributed by atoms with Crippen molar-refractivity contribution >= 4 is 12.0 Å². The molecule has 0 radical (unpaired) electrons. The van der Waals surface area contributed by atoms with Gasteiger partial charge in [0.2, 0.25) is 0 Å². The Morgan fingerprint density at radius 2 is 1.71 bits per heavy atom. The van der Waals surface area contributed by atoms with Crippen molar-refractivity contribution in [2.75, 3.05) is 59.9 Å². The molecule has 21 heavy (non-hydrogen) atoms. The quantitative estimate of drug-likeness (QED) is 0.752. The minimum absolute atomic E-state index is 0.111. The summed E-state index contributed by atoms with van der Waals surface area (Å²) in [4.78, 5) is 30.9. The molecule has 122 valence electrons. The van der Waals surface area contributed by atoms with Crippen LogP contribution in [0.2, 0.25) is 0 Å². The SMILES string of the molecule is CC(C)N(CC(=O)O)C(=O)N1CCN(CCN(C)C)CC1. The van der Waals surface area contributed by atoms with E-state index >= 15 is 0 Å². The Hall–Kier alpha value is -1.34. The molecular weight excluding hydrogens is 272 g/mol. The summed E-state index contributed by atoms with van der Waals surface area (Å²) >= 11 is 0. The fourth-order valence-electron chi connectivity index (χ4n) is 2.30. The van der Waals surface area contributed by atoms with E-state index in [-0.39, 0.29) is 18.6 Å². The summed E-state index contributed by atoms with van der Waals surface area (Å²) in [6.45, 7) is 8.46.